The molecule has 146 valence electrons. The Morgan fingerprint density at radius 1 is 1.07 bits per heavy atom. The highest BCUT2D eigenvalue weighted by Crippen LogP contribution is 2.40. The lowest BCUT2D eigenvalue weighted by atomic mass is 10.1. The van der Waals surface area contributed by atoms with Gasteiger partial charge in [0.15, 0.2) is 5.13 Å². The van der Waals surface area contributed by atoms with Crippen molar-refractivity contribution in [3.05, 3.63) is 51.5 Å². The molecule has 1 aliphatic rings. The second-order valence-electron chi connectivity index (χ2n) is 6.61. The zero-order valence-electron chi connectivity index (χ0n) is 15.6. The Labute approximate surface area is 177 Å². The lowest BCUT2D eigenvalue weighted by molar-refractivity contribution is 0.0957. The van der Waals surface area contributed by atoms with E-state index in [1.807, 2.05) is 29.3 Å². The molecule has 0 radical (unpaired) electrons. The molecule has 0 saturated heterocycles. The normalized spacial score (nSPS) is 12.7. The van der Waals surface area contributed by atoms with Gasteiger partial charge >= 0.3 is 0 Å². The van der Waals surface area contributed by atoms with Crippen LogP contribution in [-0.2, 0) is 6.42 Å². The fraction of sp³-hybridized carbons (Fsp3) is 0.333. The van der Waals surface area contributed by atoms with Gasteiger partial charge in [-0.05, 0) is 43.2 Å². The first-order chi connectivity index (χ1) is 13.8. The van der Waals surface area contributed by atoms with Crippen molar-refractivity contribution in [1.29, 1.82) is 0 Å². The lowest BCUT2D eigenvalue weighted by Gasteiger charge is -2.05. The second-order valence-corrected chi connectivity index (χ2v) is 9.77. The quantitative estimate of drug-likeness (QED) is 0.462. The Hall–Kier alpha value is -1.83. The number of amides is 1. The number of rotatable bonds is 8. The molecule has 0 aliphatic carbocycles. The van der Waals surface area contributed by atoms with Gasteiger partial charge < -0.3 is 10.6 Å². The Morgan fingerprint density at radius 3 is 2.86 bits per heavy atom. The molecule has 3 heterocycles. The number of hydrogen-bond donors (Lipinski definition) is 2. The standard InChI is InChI=1S/C21H23N3OS3/c25-20(18-9-6-13-26-18)22-11-4-1-5-12-23-21-24-19-15-7-2-3-8-16(15)27-14-10-17(19)28-21/h2-3,6-9,13H,1,4-5,10-12,14H2,(H,22,25)(H,23,24). The van der Waals surface area contributed by atoms with Crippen molar-refractivity contribution >= 4 is 45.5 Å². The second kappa shape index (κ2) is 9.58. The van der Waals surface area contributed by atoms with E-state index in [0.717, 1.165) is 60.2 Å². The van der Waals surface area contributed by atoms with Crippen molar-refractivity contribution in [2.24, 2.45) is 0 Å². The number of anilines is 1. The summed E-state index contributed by atoms with van der Waals surface area (Å²) in [6.45, 7) is 1.65. The summed E-state index contributed by atoms with van der Waals surface area (Å²) in [6.07, 6.45) is 4.24. The Balaban J connectivity index is 1.20. The SMILES string of the molecule is O=C(NCCCCCNc1nc2c(s1)CCSc1ccccc1-2)c1cccs1. The largest absolute Gasteiger partial charge is 0.361 e. The van der Waals surface area contributed by atoms with E-state index in [1.165, 1.54) is 26.7 Å². The summed E-state index contributed by atoms with van der Waals surface area (Å²) in [4.78, 5) is 20.2. The molecule has 28 heavy (non-hydrogen) atoms. The van der Waals surface area contributed by atoms with Crippen LogP contribution < -0.4 is 10.6 Å². The number of nitrogens with one attached hydrogen (secondary N) is 2. The summed E-state index contributed by atoms with van der Waals surface area (Å²) in [5.41, 5.74) is 2.43. The van der Waals surface area contributed by atoms with Gasteiger partial charge in [-0.3, -0.25) is 4.79 Å². The third-order valence-electron chi connectivity index (χ3n) is 4.59. The van der Waals surface area contributed by atoms with E-state index in [0.29, 0.717) is 0 Å². The van der Waals surface area contributed by atoms with E-state index in [4.69, 9.17) is 4.98 Å². The molecular weight excluding hydrogens is 406 g/mol. The van der Waals surface area contributed by atoms with Crippen LogP contribution in [0.3, 0.4) is 0 Å². The van der Waals surface area contributed by atoms with Crippen LogP contribution in [0.5, 0.6) is 0 Å². The van der Waals surface area contributed by atoms with Crippen LogP contribution in [0.4, 0.5) is 5.13 Å². The fourth-order valence-corrected chi connectivity index (χ4v) is 5.96. The highest BCUT2D eigenvalue weighted by Gasteiger charge is 2.19. The van der Waals surface area contributed by atoms with Crippen molar-refractivity contribution in [2.75, 3.05) is 24.2 Å². The minimum absolute atomic E-state index is 0.0378. The molecule has 4 rings (SSSR count). The van der Waals surface area contributed by atoms with Crippen LogP contribution in [0.1, 0.15) is 33.8 Å². The van der Waals surface area contributed by atoms with Crippen LogP contribution in [0.25, 0.3) is 11.3 Å². The third kappa shape index (κ3) is 4.77. The highest BCUT2D eigenvalue weighted by molar-refractivity contribution is 7.99. The van der Waals surface area contributed by atoms with Gasteiger partial charge in [0.2, 0.25) is 0 Å². The maximum absolute atomic E-state index is 11.9. The van der Waals surface area contributed by atoms with Crippen molar-refractivity contribution in [2.45, 2.75) is 30.6 Å². The molecule has 2 aromatic heterocycles. The molecule has 0 saturated carbocycles. The van der Waals surface area contributed by atoms with Crippen molar-refractivity contribution in [3.63, 3.8) is 0 Å². The maximum atomic E-state index is 11.9. The molecule has 7 heteroatoms. The summed E-state index contributed by atoms with van der Waals surface area (Å²) >= 11 is 5.19. The first-order valence-electron chi connectivity index (χ1n) is 9.59. The van der Waals surface area contributed by atoms with Gasteiger partial charge in [-0.25, -0.2) is 4.98 Å². The van der Waals surface area contributed by atoms with E-state index in [9.17, 15) is 4.79 Å². The van der Waals surface area contributed by atoms with Crippen molar-refractivity contribution in [3.8, 4) is 11.3 Å². The molecule has 2 N–H and O–H groups in total. The Kier molecular flexibility index (Phi) is 6.67. The number of thiazole rings is 1. The van der Waals surface area contributed by atoms with E-state index in [1.54, 1.807) is 11.3 Å². The molecule has 0 unspecified atom stereocenters. The topological polar surface area (TPSA) is 54.0 Å². The molecule has 1 aliphatic heterocycles. The van der Waals surface area contributed by atoms with Crippen molar-refractivity contribution < 1.29 is 4.79 Å². The summed E-state index contributed by atoms with van der Waals surface area (Å²) in [6, 6.07) is 12.3. The minimum atomic E-state index is 0.0378. The van der Waals surface area contributed by atoms with Gasteiger partial charge in [0.1, 0.15) is 0 Å². The molecule has 1 amide bonds. The number of aryl methyl sites for hydroxylation is 1. The number of carbonyl (C=O) groups is 1. The number of thiophene rings is 1. The number of unbranched alkanes of at least 4 members (excludes halogenated alkanes) is 2. The Morgan fingerprint density at radius 2 is 1.96 bits per heavy atom. The van der Waals surface area contributed by atoms with Gasteiger partial charge in [0, 0.05) is 34.2 Å². The van der Waals surface area contributed by atoms with Gasteiger partial charge in [-0.15, -0.1) is 34.4 Å². The Bertz CT molecular complexity index is 921. The molecular formula is C21H23N3OS3. The minimum Gasteiger partial charge on any atom is -0.361 e. The smallest absolute Gasteiger partial charge is 0.261 e. The number of nitrogens with zero attached hydrogens (tertiary/aromatic N) is 1. The average molecular weight is 430 g/mol. The lowest BCUT2D eigenvalue weighted by Crippen LogP contribution is -2.23. The van der Waals surface area contributed by atoms with E-state index in [-0.39, 0.29) is 5.91 Å². The predicted octanol–water partition coefficient (Wildman–Crippen LogP) is 5.53. The number of carbonyl (C=O) groups excluding carboxylic acids is 1. The molecule has 1 aromatic carbocycles. The summed E-state index contributed by atoms with van der Waals surface area (Å²) in [7, 11) is 0. The average Bonchev–Trinajstić information content (AvgIpc) is 3.35. The molecule has 0 fully saturated rings. The third-order valence-corrected chi connectivity index (χ3v) is 7.60. The zero-order valence-corrected chi connectivity index (χ0v) is 18.0. The first kappa shape index (κ1) is 19.5. The van der Waals surface area contributed by atoms with E-state index < -0.39 is 0 Å². The summed E-state index contributed by atoms with van der Waals surface area (Å²) < 4.78 is 0. The molecule has 4 nitrogen and oxygen atoms in total. The number of thioether (sulfide) groups is 1. The molecule has 0 atom stereocenters. The van der Waals surface area contributed by atoms with Crippen LogP contribution in [0, 0.1) is 0 Å². The monoisotopic (exact) mass is 429 g/mol. The number of aromatic nitrogens is 1. The molecule has 0 spiro atoms. The van der Waals surface area contributed by atoms with Gasteiger partial charge in [-0.2, -0.15) is 0 Å². The van der Waals surface area contributed by atoms with Gasteiger partial charge in [0.25, 0.3) is 5.91 Å². The number of benzene rings is 1. The first-order valence-corrected chi connectivity index (χ1v) is 12.3. The van der Waals surface area contributed by atoms with E-state index >= 15 is 0 Å². The summed E-state index contributed by atoms with van der Waals surface area (Å²) in [5, 5.41) is 9.42. The maximum Gasteiger partial charge on any atom is 0.261 e. The fourth-order valence-electron chi connectivity index (χ4n) is 3.17. The van der Waals surface area contributed by atoms with Crippen LogP contribution in [-0.4, -0.2) is 29.7 Å². The highest BCUT2D eigenvalue weighted by atomic mass is 32.2. The predicted molar refractivity (Wildman–Crippen MR) is 121 cm³/mol. The van der Waals surface area contributed by atoms with Crippen LogP contribution in [0.15, 0.2) is 46.7 Å². The van der Waals surface area contributed by atoms with Crippen LogP contribution >= 0.6 is 34.4 Å². The van der Waals surface area contributed by atoms with Crippen molar-refractivity contribution in [1.82, 2.24) is 10.3 Å². The van der Waals surface area contributed by atoms with Gasteiger partial charge in [-0.1, -0.05) is 24.3 Å². The molecule has 0 bridgehead atoms. The number of fused-ring (bicyclic) bond motifs is 3. The van der Waals surface area contributed by atoms with Crippen LogP contribution in [0.2, 0.25) is 0 Å². The number of hydrogen-bond acceptors (Lipinski definition) is 6. The molecule has 3 aromatic rings. The zero-order chi connectivity index (χ0) is 19.2. The van der Waals surface area contributed by atoms with Gasteiger partial charge in [0.05, 0.1) is 10.6 Å². The van der Waals surface area contributed by atoms with E-state index in [2.05, 4.69) is 34.9 Å². The summed E-state index contributed by atoms with van der Waals surface area (Å²) in [5.74, 6) is 1.15.